The molecule has 0 aromatic carbocycles. The third kappa shape index (κ3) is 3.36. The van der Waals surface area contributed by atoms with Crippen LogP contribution in [-0.4, -0.2) is 20.1 Å². The minimum absolute atomic E-state index is 0.136. The molecule has 1 aromatic heterocycles. The van der Waals surface area contributed by atoms with E-state index in [1.807, 2.05) is 12.3 Å². The Bertz CT molecular complexity index is 410. The highest BCUT2D eigenvalue weighted by atomic mass is 32.1. The van der Waals surface area contributed by atoms with Gasteiger partial charge in [-0.15, -0.1) is 11.3 Å². The van der Waals surface area contributed by atoms with E-state index in [4.69, 9.17) is 4.74 Å². The molecule has 0 atom stereocenters. The highest BCUT2D eigenvalue weighted by Crippen LogP contribution is 2.55. The Labute approximate surface area is 105 Å². The third-order valence-corrected chi connectivity index (χ3v) is 5.44. The van der Waals surface area contributed by atoms with E-state index in [0.717, 1.165) is 5.01 Å². The van der Waals surface area contributed by atoms with Gasteiger partial charge in [0.25, 0.3) is 0 Å². The van der Waals surface area contributed by atoms with Crippen molar-refractivity contribution in [1.29, 1.82) is 0 Å². The van der Waals surface area contributed by atoms with Crippen LogP contribution in [0.15, 0.2) is 5.38 Å². The van der Waals surface area contributed by atoms with E-state index in [1.165, 1.54) is 11.3 Å². The fourth-order valence-electron chi connectivity index (χ4n) is 1.63. The van der Waals surface area contributed by atoms with E-state index in [-0.39, 0.29) is 19.4 Å². The molecule has 1 rings (SSSR count). The van der Waals surface area contributed by atoms with Crippen molar-refractivity contribution >= 4 is 18.9 Å². The fraction of sp³-hybridized carbons (Fsp3) is 0.700. The van der Waals surface area contributed by atoms with E-state index in [1.54, 1.807) is 13.8 Å². The molecule has 0 bridgehead atoms. The summed E-state index contributed by atoms with van der Waals surface area (Å²) in [7, 11) is -4.28. The summed E-state index contributed by atoms with van der Waals surface area (Å²) >= 11 is 1.49. The van der Waals surface area contributed by atoms with Crippen molar-refractivity contribution in [1.82, 2.24) is 4.98 Å². The lowest BCUT2D eigenvalue weighted by Gasteiger charge is -2.32. The van der Waals surface area contributed by atoms with Crippen LogP contribution in [0.5, 0.6) is 0 Å². The summed E-state index contributed by atoms with van der Waals surface area (Å²) in [5.74, 6) is 0. The Morgan fingerprint density at radius 2 is 2.06 bits per heavy atom. The fourth-order valence-corrected chi connectivity index (χ4v) is 3.29. The van der Waals surface area contributed by atoms with Crippen molar-refractivity contribution in [2.75, 3.05) is 0 Å². The van der Waals surface area contributed by atoms with Crippen LogP contribution in [-0.2, 0) is 15.9 Å². The number of aryl methyl sites for hydroxylation is 1. The van der Waals surface area contributed by atoms with Crippen LogP contribution in [0.2, 0.25) is 0 Å². The second-order valence-electron chi connectivity index (χ2n) is 3.84. The Balaban J connectivity index is 2.78. The summed E-state index contributed by atoms with van der Waals surface area (Å²) in [6, 6.07) is 0. The highest BCUT2D eigenvalue weighted by Gasteiger charge is 2.45. The van der Waals surface area contributed by atoms with Crippen molar-refractivity contribution < 1.29 is 19.1 Å². The lowest BCUT2D eigenvalue weighted by atomic mass is 10.2. The molecule has 0 saturated carbocycles. The normalized spacial score (nSPS) is 13.0. The predicted octanol–water partition coefficient (Wildman–Crippen LogP) is 2.66. The highest BCUT2D eigenvalue weighted by molar-refractivity contribution is 7.53. The molecular formula is C10H18NO4PS. The molecule has 0 saturated heterocycles. The summed E-state index contributed by atoms with van der Waals surface area (Å²) in [5.41, 5.74) is 0.715. The zero-order valence-electron chi connectivity index (χ0n) is 10.2. The largest absolute Gasteiger partial charge is 0.357 e. The molecule has 0 fully saturated rings. The SMILES string of the molecule is CCC(CC)(OCc1csc(C)n1)P(=O)(O)O. The lowest BCUT2D eigenvalue weighted by Crippen LogP contribution is -2.30. The zero-order valence-corrected chi connectivity index (χ0v) is 11.9. The van der Waals surface area contributed by atoms with Crippen molar-refractivity contribution in [3.63, 3.8) is 0 Å². The Morgan fingerprint density at radius 3 is 2.41 bits per heavy atom. The van der Waals surface area contributed by atoms with Gasteiger partial charge in [0.2, 0.25) is 0 Å². The van der Waals surface area contributed by atoms with Crippen molar-refractivity contribution in [2.45, 2.75) is 45.6 Å². The number of aromatic nitrogens is 1. The molecule has 2 N–H and O–H groups in total. The van der Waals surface area contributed by atoms with E-state index in [2.05, 4.69) is 4.98 Å². The predicted molar refractivity (Wildman–Crippen MR) is 67.0 cm³/mol. The maximum atomic E-state index is 11.5. The van der Waals surface area contributed by atoms with E-state index >= 15 is 0 Å². The molecule has 0 aliphatic carbocycles. The number of hydrogen-bond acceptors (Lipinski definition) is 4. The molecule has 98 valence electrons. The number of ether oxygens (including phenoxy) is 1. The van der Waals surface area contributed by atoms with Gasteiger partial charge < -0.3 is 14.5 Å². The number of nitrogens with zero attached hydrogens (tertiary/aromatic N) is 1. The van der Waals surface area contributed by atoms with Gasteiger partial charge in [-0.25, -0.2) is 4.98 Å². The molecule has 0 aliphatic heterocycles. The first kappa shape index (κ1) is 14.8. The van der Waals surface area contributed by atoms with Gasteiger partial charge in [0, 0.05) is 5.38 Å². The van der Waals surface area contributed by atoms with E-state index in [9.17, 15) is 14.4 Å². The molecule has 0 aliphatic rings. The van der Waals surface area contributed by atoms with Gasteiger partial charge >= 0.3 is 7.60 Å². The molecule has 0 spiro atoms. The summed E-state index contributed by atoms with van der Waals surface area (Å²) in [5, 5.41) is 1.37. The van der Waals surface area contributed by atoms with Crippen LogP contribution in [0.25, 0.3) is 0 Å². The minimum atomic E-state index is -4.28. The number of thiazole rings is 1. The molecule has 7 heteroatoms. The first-order chi connectivity index (χ1) is 7.84. The van der Waals surface area contributed by atoms with Gasteiger partial charge in [-0.1, -0.05) is 13.8 Å². The third-order valence-electron chi connectivity index (χ3n) is 2.79. The van der Waals surface area contributed by atoms with Crippen LogP contribution in [0.3, 0.4) is 0 Å². The summed E-state index contributed by atoms with van der Waals surface area (Å²) in [6.45, 7) is 5.45. The van der Waals surface area contributed by atoms with Crippen LogP contribution in [0.1, 0.15) is 37.4 Å². The first-order valence-electron chi connectivity index (χ1n) is 5.45. The number of rotatable bonds is 6. The standard InChI is InChI=1S/C10H18NO4PS/c1-4-10(5-2,16(12,13)14)15-6-9-7-17-8(3)11-9/h7H,4-6H2,1-3H3,(H2,12,13,14). The zero-order chi connectivity index (χ0) is 13.1. The lowest BCUT2D eigenvalue weighted by molar-refractivity contribution is -0.0188. The van der Waals surface area contributed by atoms with Gasteiger partial charge in [0.15, 0.2) is 5.34 Å². The molecular weight excluding hydrogens is 261 g/mol. The van der Waals surface area contributed by atoms with Gasteiger partial charge in [0.05, 0.1) is 17.3 Å². The molecule has 5 nitrogen and oxygen atoms in total. The average molecular weight is 279 g/mol. The smallest absolute Gasteiger partial charge is 0.356 e. The van der Waals surface area contributed by atoms with Gasteiger partial charge in [-0.2, -0.15) is 0 Å². The summed E-state index contributed by atoms with van der Waals surface area (Å²) in [4.78, 5) is 23.0. The maximum Gasteiger partial charge on any atom is 0.357 e. The van der Waals surface area contributed by atoms with Crippen LogP contribution >= 0.6 is 18.9 Å². The Hall–Kier alpha value is -0.260. The Morgan fingerprint density at radius 1 is 1.47 bits per heavy atom. The van der Waals surface area contributed by atoms with E-state index < -0.39 is 12.9 Å². The monoisotopic (exact) mass is 279 g/mol. The summed E-state index contributed by atoms with van der Waals surface area (Å²) in [6.07, 6.45) is 0.549. The van der Waals surface area contributed by atoms with Crippen LogP contribution < -0.4 is 0 Å². The average Bonchev–Trinajstić information content (AvgIpc) is 2.64. The second-order valence-corrected chi connectivity index (χ2v) is 6.81. The molecule has 0 amide bonds. The van der Waals surface area contributed by atoms with Crippen molar-refractivity contribution in [2.24, 2.45) is 0 Å². The minimum Gasteiger partial charge on any atom is -0.356 e. The summed E-state index contributed by atoms with van der Waals surface area (Å²) < 4.78 is 17.0. The van der Waals surface area contributed by atoms with Crippen LogP contribution in [0, 0.1) is 6.92 Å². The number of hydrogen-bond donors (Lipinski definition) is 2. The molecule has 1 aromatic rings. The van der Waals surface area contributed by atoms with E-state index in [0.29, 0.717) is 5.69 Å². The van der Waals surface area contributed by atoms with Crippen LogP contribution in [0.4, 0.5) is 0 Å². The Kier molecular flexibility index (Phi) is 4.86. The maximum absolute atomic E-state index is 11.5. The molecule has 17 heavy (non-hydrogen) atoms. The van der Waals surface area contributed by atoms with Gasteiger partial charge in [-0.05, 0) is 19.8 Å². The van der Waals surface area contributed by atoms with Gasteiger partial charge in [0.1, 0.15) is 0 Å². The second kappa shape index (κ2) is 5.59. The van der Waals surface area contributed by atoms with Crippen molar-refractivity contribution in [3.05, 3.63) is 16.1 Å². The molecule has 1 heterocycles. The molecule has 0 unspecified atom stereocenters. The first-order valence-corrected chi connectivity index (χ1v) is 7.94. The quantitative estimate of drug-likeness (QED) is 0.782. The topological polar surface area (TPSA) is 79.7 Å². The molecule has 0 radical (unpaired) electrons. The van der Waals surface area contributed by atoms with Gasteiger partial charge in [-0.3, -0.25) is 4.57 Å². The van der Waals surface area contributed by atoms with Crippen molar-refractivity contribution in [3.8, 4) is 0 Å².